The normalized spacial score (nSPS) is 31.8. The van der Waals surface area contributed by atoms with Crippen molar-refractivity contribution in [1.82, 2.24) is 25.2 Å². The van der Waals surface area contributed by atoms with Crippen LogP contribution >= 0.6 is 0 Å². The maximum Gasteiger partial charge on any atom is 0.430 e. The molecule has 18 nitrogen and oxygen atoms in total. The largest absolute Gasteiger partial charge is 0.542 e. The SMILES string of the molecule is C=C[C@@H]1C[C@]1(NC(=O)[C@@H]1C[C@@H]2CN1C(=O)[C@H](C(C)(C)C)NC(=O)O[C@@H]1C[C@H]1CCCCCc1c(nc3ccccc3c1OC1C3C[NH2+]CC1COC3)O2)C(=O)NS(=O)(=O)C1(C)CC1.O=C([O-])C(F)(F)F. The number of alkyl carbamates (subject to hydrolysis) is 1. The quantitative estimate of drug-likeness (QED) is 0.278. The van der Waals surface area contributed by atoms with Gasteiger partial charge in [-0.05, 0) is 75.3 Å². The van der Waals surface area contributed by atoms with E-state index in [2.05, 4.69) is 27.3 Å². The number of ether oxygens (including phenoxy) is 4. The second-order valence-corrected chi connectivity index (χ2v) is 23.5. The number of carbonyl (C=O) groups is 5. The number of quaternary nitrogens is 1. The molecule has 4 bridgehead atoms. The number of carbonyl (C=O) groups excluding carboxylic acids is 5. The van der Waals surface area contributed by atoms with E-state index < -0.39 is 85.8 Å². The number of carboxylic acids is 1. The molecule has 4 amide bonds. The maximum atomic E-state index is 14.9. The molecule has 1 aromatic heterocycles. The van der Waals surface area contributed by atoms with Gasteiger partial charge in [0.25, 0.3) is 5.91 Å². The van der Waals surface area contributed by atoms with E-state index in [1.807, 2.05) is 45.0 Å². The summed E-state index contributed by atoms with van der Waals surface area (Å²) in [6.07, 6.45) is 0.633. The number of hydrogen-bond donors (Lipinski definition) is 4. The van der Waals surface area contributed by atoms with Gasteiger partial charge in [0.05, 0.1) is 60.5 Å². The molecule has 2 unspecified atom stereocenters. The second kappa shape index (κ2) is 19.4. The number of rotatable bonds is 8. The summed E-state index contributed by atoms with van der Waals surface area (Å²) in [5, 5.41) is 17.7. The van der Waals surface area contributed by atoms with Crippen molar-refractivity contribution in [2.24, 2.45) is 29.1 Å². The first kappa shape index (κ1) is 51.1. The predicted octanol–water partition coefficient (Wildman–Crippen LogP) is 2.17. The molecule has 3 aliphatic carbocycles. The van der Waals surface area contributed by atoms with Crippen LogP contribution in [0.25, 0.3) is 10.9 Å². The summed E-state index contributed by atoms with van der Waals surface area (Å²) >= 11 is 0. The molecule has 5 heterocycles. The van der Waals surface area contributed by atoms with E-state index in [0.717, 1.165) is 61.9 Å². The Morgan fingerprint density at radius 2 is 1.71 bits per heavy atom. The van der Waals surface area contributed by atoms with Crippen molar-refractivity contribution in [2.75, 3.05) is 32.8 Å². The van der Waals surface area contributed by atoms with E-state index in [-0.39, 0.29) is 49.3 Å². The van der Waals surface area contributed by atoms with Crippen LogP contribution in [0.2, 0.25) is 0 Å². The third-order valence-corrected chi connectivity index (χ3v) is 17.1. The molecule has 1 aromatic carbocycles. The zero-order valence-corrected chi connectivity index (χ0v) is 40.6. The summed E-state index contributed by atoms with van der Waals surface area (Å²) in [5.74, 6) is -3.75. The van der Waals surface area contributed by atoms with Gasteiger partial charge in [-0.2, -0.15) is 13.2 Å². The van der Waals surface area contributed by atoms with E-state index in [0.29, 0.717) is 43.9 Å². The molecule has 6 fully saturated rings. The molecule has 9 rings (SSSR count). The Kier molecular flexibility index (Phi) is 14.2. The predicted molar refractivity (Wildman–Crippen MR) is 242 cm³/mol. The first-order chi connectivity index (χ1) is 32.9. The molecule has 4 aliphatic heterocycles. The fourth-order valence-corrected chi connectivity index (χ4v) is 11.5. The summed E-state index contributed by atoms with van der Waals surface area (Å²) in [4.78, 5) is 72.2. The van der Waals surface area contributed by atoms with Crippen LogP contribution in [0.1, 0.15) is 91.0 Å². The van der Waals surface area contributed by atoms with E-state index >= 15 is 0 Å². The standard InChI is InChI=1S/C46H62N6O10S.C2HF3O2/c1-6-29-20-46(29,42(55)51-63(57,58)45(5)16-17-45)50-39(53)34-19-30-23-52(34)41(54)38(44(2,3)4)49-43(56)61-35-18-26(35)12-8-7-9-14-32-37(31-13-10-11-15-33(31)48-40(32)60-30)62-36-27-21-47-22-28(36)25-59-24-27;3-2(4,5)1(6)7/h6,10-11,13,15,26-30,34-36,38,47H,1,7-9,12,14,16-25H2,2-5H3,(H,49,56)(H,50,53)(H,51,55);(H,6,7)/t26-,27?,28?,29-,30-,34+,35-,36?,38-,46-;/m1./s1. The molecule has 3 saturated heterocycles. The molecule has 9 atom stereocenters. The van der Waals surface area contributed by atoms with Crippen molar-refractivity contribution in [3.8, 4) is 11.6 Å². The average molecular weight is 1010 g/mol. The van der Waals surface area contributed by atoms with E-state index in [4.69, 9.17) is 33.8 Å². The highest BCUT2D eigenvalue weighted by atomic mass is 32.2. The lowest BCUT2D eigenvalue weighted by atomic mass is 9.85. The topological polar surface area (TPSA) is 248 Å². The number of carboxylic acid groups (broad SMARTS) is 1. The number of para-hydroxylation sites is 1. The average Bonchev–Trinajstić information content (AvgIpc) is 4.24. The third kappa shape index (κ3) is 10.8. The van der Waals surface area contributed by atoms with Crippen LogP contribution in [-0.4, -0.2) is 128 Å². The Morgan fingerprint density at radius 3 is 2.34 bits per heavy atom. The van der Waals surface area contributed by atoms with E-state index in [1.165, 1.54) is 11.0 Å². The summed E-state index contributed by atoms with van der Waals surface area (Å²) in [5.41, 5.74) is -0.851. The lowest BCUT2D eigenvalue weighted by Crippen LogP contribution is -2.92. The number of halogens is 3. The van der Waals surface area contributed by atoms with Crippen molar-refractivity contribution in [1.29, 1.82) is 0 Å². The van der Waals surface area contributed by atoms with Gasteiger partial charge in [-0.25, -0.2) is 18.2 Å². The van der Waals surface area contributed by atoms with Gasteiger partial charge in [0.15, 0.2) is 0 Å². The van der Waals surface area contributed by atoms with Crippen LogP contribution in [0.4, 0.5) is 18.0 Å². The van der Waals surface area contributed by atoms with E-state index in [9.17, 15) is 40.8 Å². The number of hydrogen-bond acceptors (Lipinski definition) is 13. The Morgan fingerprint density at radius 1 is 1.03 bits per heavy atom. The summed E-state index contributed by atoms with van der Waals surface area (Å²) in [6.45, 7) is 14.0. The van der Waals surface area contributed by atoms with Gasteiger partial charge in [-0.3, -0.25) is 19.1 Å². The minimum atomic E-state index is -5.19. The van der Waals surface area contributed by atoms with Gasteiger partial charge in [0.1, 0.15) is 47.7 Å². The van der Waals surface area contributed by atoms with Crippen LogP contribution in [0.15, 0.2) is 36.9 Å². The monoisotopic (exact) mass is 1000 g/mol. The number of piperidine rings is 1. The van der Waals surface area contributed by atoms with Gasteiger partial charge in [-0.1, -0.05) is 51.8 Å². The smallest absolute Gasteiger partial charge is 0.430 e. The van der Waals surface area contributed by atoms with Crippen LogP contribution < -0.4 is 35.3 Å². The molecule has 384 valence electrons. The van der Waals surface area contributed by atoms with Gasteiger partial charge in [0.2, 0.25) is 27.7 Å². The number of benzene rings is 1. The van der Waals surface area contributed by atoms with Crippen LogP contribution in [0, 0.1) is 29.1 Å². The van der Waals surface area contributed by atoms with Crippen molar-refractivity contribution in [3.05, 3.63) is 42.5 Å². The van der Waals surface area contributed by atoms with Crippen LogP contribution in [0.3, 0.4) is 0 Å². The summed E-state index contributed by atoms with van der Waals surface area (Å²) in [7, 11) is -4.02. The minimum absolute atomic E-state index is 0.0273. The molecular weight excluding hydrogens is 942 g/mol. The Hall–Kier alpha value is -5.22. The molecular formula is C48H63F3N6O12S. The minimum Gasteiger partial charge on any atom is -0.542 e. The Balaban J connectivity index is 0.000000876. The van der Waals surface area contributed by atoms with Crippen molar-refractivity contribution in [3.63, 3.8) is 0 Å². The van der Waals surface area contributed by atoms with Gasteiger partial charge < -0.3 is 49.7 Å². The molecule has 0 radical (unpaired) electrons. The number of alkyl halides is 3. The van der Waals surface area contributed by atoms with Crippen molar-refractivity contribution in [2.45, 2.75) is 139 Å². The van der Waals surface area contributed by atoms with Crippen molar-refractivity contribution < 1.29 is 74.9 Å². The Labute approximate surface area is 404 Å². The number of amides is 4. The highest BCUT2D eigenvalue weighted by Gasteiger charge is 2.63. The number of sulfonamides is 1. The summed E-state index contributed by atoms with van der Waals surface area (Å²) in [6, 6.07) is 5.62. The number of aromatic nitrogens is 1. The zero-order chi connectivity index (χ0) is 50.6. The number of aliphatic carboxylic acids is 1. The molecule has 2 aromatic rings. The third-order valence-electron chi connectivity index (χ3n) is 14.9. The molecule has 3 saturated carbocycles. The molecule has 5 N–H and O–H groups in total. The highest BCUT2D eigenvalue weighted by molar-refractivity contribution is 7.91. The first-order valence-electron chi connectivity index (χ1n) is 24.2. The number of pyridine rings is 1. The van der Waals surface area contributed by atoms with E-state index in [1.54, 1.807) is 6.92 Å². The van der Waals surface area contributed by atoms with Gasteiger partial charge >= 0.3 is 12.3 Å². The number of nitrogens with one attached hydrogen (secondary N) is 3. The molecule has 70 heavy (non-hydrogen) atoms. The number of fused-ring (bicyclic) bond motifs is 7. The fourth-order valence-electron chi connectivity index (χ4n) is 10.2. The lowest BCUT2D eigenvalue weighted by Gasteiger charge is -2.40. The Bertz CT molecular complexity index is 2480. The molecule has 7 aliphatic rings. The highest BCUT2D eigenvalue weighted by Crippen LogP contribution is 2.48. The van der Waals surface area contributed by atoms with Crippen LogP contribution in [0.5, 0.6) is 11.6 Å². The first-order valence-corrected chi connectivity index (χ1v) is 25.6. The zero-order valence-electron chi connectivity index (χ0n) is 39.8. The number of nitrogens with two attached hydrogens (primary N) is 1. The second-order valence-electron chi connectivity index (χ2n) is 21.3. The lowest BCUT2D eigenvalue weighted by molar-refractivity contribution is -0.683. The van der Waals surface area contributed by atoms with Crippen molar-refractivity contribution >= 4 is 50.7 Å². The number of nitrogens with zero attached hydrogens (tertiary/aromatic N) is 2. The summed E-state index contributed by atoms with van der Waals surface area (Å²) < 4.78 is 85.1. The molecule has 0 spiro atoms. The fraction of sp³-hybridized carbons (Fsp3) is 0.667. The van der Waals surface area contributed by atoms with Crippen LogP contribution in [-0.2, 0) is 45.1 Å². The molecule has 22 heteroatoms. The maximum absolute atomic E-state index is 14.9. The van der Waals surface area contributed by atoms with Gasteiger partial charge in [-0.15, -0.1) is 6.58 Å². The van der Waals surface area contributed by atoms with Gasteiger partial charge in [0, 0.05) is 17.7 Å².